The van der Waals surface area contributed by atoms with Gasteiger partial charge in [0.2, 0.25) is 5.91 Å². The topological polar surface area (TPSA) is 63.7 Å². The molecule has 0 saturated carbocycles. The molecule has 0 unspecified atom stereocenters. The number of piperazine rings is 1. The van der Waals surface area contributed by atoms with Gasteiger partial charge in [0.25, 0.3) is 0 Å². The molecular formula is C25H33FN6O. The summed E-state index contributed by atoms with van der Waals surface area (Å²) in [7, 11) is 0. The first-order chi connectivity index (χ1) is 16.1. The molecule has 2 aliphatic rings. The lowest BCUT2D eigenvalue weighted by Gasteiger charge is -2.37. The Bertz CT molecular complexity index is 946. The van der Waals surface area contributed by atoms with Gasteiger partial charge in [0.15, 0.2) is 0 Å². The molecule has 0 spiro atoms. The Kier molecular flexibility index (Phi) is 7.78. The Morgan fingerprint density at radius 2 is 1.94 bits per heavy atom. The van der Waals surface area contributed by atoms with Crippen LogP contribution in [-0.2, 0) is 4.79 Å². The first-order valence-corrected chi connectivity index (χ1v) is 11.7. The monoisotopic (exact) mass is 452 g/mol. The number of piperidine rings is 1. The second-order valence-electron chi connectivity index (χ2n) is 8.63. The van der Waals surface area contributed by atoms with E-state index in [0.29, 0.717) is 6.54 Å². The lowest BCUT2D eigenvalue weighted by molar-refractivity contribution is -0.116. The van der Waals surface area contributed by atoms with Crippen LogP contribution in [-0.4, -0.2) is 74.2 Å². The van der Waals surface area contributed by atoms with Crippen molar-refractivity contribution >= 4 is 23.1 Å². The van der Waals surface area contributed by atoms with E-state index in [1.54, 1.807) is 12.1 Å². The molecule has 0 radical (unpaired) electrons. The van der Waals surface area contributed by atoms with Crippen LogP contribution in [0.15, 0.2) is 55.3 Å². The second kappa shape index (κ2) is 11.1. The van der Waals surface area contributed by atoms with Gasteiger partial charge in [-0.1, -0.05) is 12.6 Å². The van der Waals surface area contributed by atoms with E-state index < -0.39 is 0 Å². The molecule has 1 aromatic heterocycles. The molecular weight excluding hydrogens is 419 g/mol. The average Bonchev–Trinajstić information content (AvgIpc) is 2.85. The summed E-state index contributed by atoms with van der Waals surface area (Å²) in [6.07, 6.45) is 5.29. The molecule has 4 rings (SSSR count). The smallest absolute Gasteiger partial charge is 0.243 e. The van der Waals surface area contributed by atoms with Crippen molar-refractivity contribution in [2.45, 2.75) is 18.9 Å². The Labute approximate surface area is 195 Å². The van der Waals surface area contributed by atoms with Gasteiger partial charge in [0.05, 0.1) is 0 Å². The van der Waals surface area contributed by atoms with Gasteiger partial charge in [-0.05, 0) is 43.2 Å². The van der Waals surface area contributed by atoms with Crippen LogP contribution in [0, 0.1) is 5.82 Å². The molecule has 7 nitrogen and oxygen atoms in total. The number of nitrogens with zero attached hydrogens (tertiary/aromatic N) is 4. The summed E-state index contributed by atoms with van der Waals surface area (Å²) in [5, 5.41) is 6.43. The van der Waals surface area contributed by atoms with E-state index in [1.807, 2.05) is 12.3 Å². The fourth-order valence-electron chi connectivity index (χ4n) is 4.55. The minimum absolute atomic E-state index is 0.123. The maximum absolute atomic E-state index is 13.6. The number of halogens is 1. The molecule has 1 aromatic carbocycles. The van der Waals surface area contributed by atoms with Crippen LogP contribution in [0.1, 0.15) is 12.8 Å². The van der Waals surface area contributed by atoms with Crippen molar-refractivity contribution < 1.29 is 9.18 Å². The molecule has 2 aliphatic heterocycles. The van der Waals surface area contributed by atoms with Gasteiger partial charge in [-0.2, -0.15) is 0 Å². The summed E-state index contributed by atoms with van der Waals surface area (Å²) in [5.74, 6) is 0.564. The van der Waals surface area contributed by atoms with Crippen LogP contribution in [0.5, 0.6) is 0 Å². The lowest BCUT2D eigenvalue weighted by Crippen LogP contribution is -2.48. The third-order valence-electron chi connectivity index (χ3n) is 6.34. The summed E-state index contributed by atoms with van der Waals surface area (Å²) in [6.45, 7) is 10.5. The first-order valence-electron chi connectivity index (χ1n) is 11.7. The molecule has 2 N–H and O–H groups in total. The number of hydrogen-bond donors (Lipinski definition) is 2. The molecule has 3 heterocycles. The predicted octanol–water partition coefficient (Wildman–Crippen LogP) is 2.73. The SMILES string of the molecule is C=CC(=O)NCCN1CCN(c2ccnc(N[C@@H]3CCCN(c4cccc(F)c4)C3)c2)CC1. The molecule has 1 atom stereocenters. The van der Waals surface area contributed by atoms with E-state index in [4.69, 9.17) is 0 Å². The van der Waals surface area contributed by atoms with Gasteiger partial charge in [0.1, 0.15) is 11.6 Å². The van der Waals surface area contributed by atoms with E-state index in [-0.39, 0.29) is 17.8 Å². The maximum Gasteiger partial charge on any atom is 0.243 e. The summed E-state index contributed by atoms with van der Waals surface area (Å²) in [5.41, 5.74) is 2.11. The van der Waals surface area contributed by atoms with Gasteiger partial charge in [-0.15, -0.1) is 0 Å². The number of carbonyl (C=O) groups excluding carboxylic acids is 1. The number of anilines is 3. The second-order valence-corrected chi connectivity index (χ2v) is 8.63. The van der Waals surface area contributed by atoms with E-state index in [9.17, 15) is 9.18 Å². The molecule has 0 bridgehead atoms. The molecule has 33 heavy (non-hydrogen) atoms. The van der Waals surface area contributed by atoms with Crippen LogP contribution in [0.25, 0.3) is 0 Å². The van der Waals surface area contributed by atoms with E-state index >= 15 is 0 Å². The van der Waals surface area contributed by atoms with E-state index in [0.717, 1.165) is 70.2 Å². The average molecular weight is 453 g/mol. The Morgan fingerprint density at radius 1 is 1.12 bits per heavy atom. The van der Waals surface area contributed by atoms with Crippen LogP contribution in [0.2, 0.25) is 0 Å². The van der Waals surface area contributed by atoms with Crippen molar-refractivity contribution in [1.29, 1.82) is 0 Å². The van der Waals surface area contributed by atoms with Crippen molar-refractivity contribution in [2.24, 2.45) is 0 Å². The van der Waals surface area contributed by atoms with Crippen molar-refractivity contribution in [2.75, 3.05) is 67.5 Å². The van der Waals surface area contributed by atoms with Crippen molar-refractivity contribution in [3.05, 3.63) is 61.1 Å². The number of carbonyl (C=O) groups is 1. The Hall–Kier alpha value is -3.13. The summed E-state index contributed by atoms with van der Waals surface area (Å²) in [6, 6.07) is 11.3. The van der Waals surface area contributed by atoms with E-state index in [1.165, 1.54) is 17.8 Å². The summed E-state index contributed by atoms with van der Waals surface area (Å²) >= 11 is 0. The molecule has 0 aliphatic carbocycles. The highest BCUT2D eigenvalue weighted by atomic mass is 19.1. The highest BCUT2D eigenvalue weighted by molar-refractivity contribution is 5.86. The number of rotatable bonds is 8. The fraction of sp³-hybridized carbons (Fsp3) is 0.440. The summed E-state index contributed by atoms with van der Waals surface area (Å²) in [4.78, 5) is 22.8. The molecule has 2 saturated heterocycles. The molecule has 176 valence electrons. The Morgan fingerprint density at radius 3 is 2.73 bits per heavy atom. The normalized spacial score (nSPS) is 19.2. The number of aromatic nitrogens is 1. The standard InChI is InChI=1S/C25H33FN6O/c1-2-25(33)28-10-12-30-13-15-31(16-14-30)23-8-9-27-24(18-23)29-21-6-4-11-32(19-21)22-7-3-5-20(26)17-22/h2-3,5,7-9,17-18,21H,1,4,6,10-16,19H2,(H,27,29)(H,28,33)/t21-/m1/s1. The Balaban J connectivity index is 1.28. The molecule has 2 aromatic rings. The molecule has 8 heteroatoms. The van der Waals surface area contributed by atoms with Crippen LogP contribution in [0.3, 0.4) is 0 Å². The number of pyridine rings is 1. The summed E-state index contributed by atoms with van der Waals surface area (Å²) < 4.78 is 13.6. The maximum atomic E-state index is 13.6. The van der Waals surface area contributed by atoms with Gasteiger partial charge in [0, 0.05) is 82.0 Å². The largest absolute Gasteiger partial charge is 0.369 e. The zero-order chi connectivity index (χ0) is 23.0. The van der Waals surface area contributed by atoms with Gasteiger partial charge >= 0.3 is 0 Å². The quantitative estimate of drug-likeness (QED) is 0.601. The number of hydrogen-bond acceptors (Lipinski definition) is 6. The third kappa shape index (κ3) is 6.44. The number of benzene rings is 1. The predicted molar refractivity (Wildman–Crippen MR) is 131 cm³/mol. The number of nitrogens with one attached hydrogen (secondary N) is 2. The third-order valence-corrected chi connectivity index (χ3v) is 6.34. The van der Waals surface area contributed by atoms with Crippen molar-refractivity contribution in [1.82, 2.24) is 15.2 Å². The minimum atomic E-state index is -0.196. The molecule has 2 fully saturated rings. The van der Waals surface area contributed by atoms with Crippen molar-refractivity contribution in [3.8, 4) is 0 Å². The zero-order valence-electron chi connectivity index (χ0n) is 19.0. The fourth-order valence-corrected chi connectivity index (χ4v) is 4.55. The highest BCUT2D eigenvalue weighted by Crippen LogP contribution is 2.24. The lowest BCUT2D eigenvalue weighted by atomic mass is 10.0. The van der Waals surface area contributed by atoms with Crippen molar-refractivity contribution in [3.63, 3.8) is 0 Å². The first kappa shape index (κ1) is 23.0. The van der Waals surface area contributed by atoms with Crippen LogP contribution in [0.4, 0.5) is 21.6 Å². The van der Waals surface area contributed by atoms with E-state index in [2.05, 4.69) is 49.0 Å². The number of amides is 1. The van der Waals surface area contributed by atoms with Crippen LogP contribution < -0.4 is 20.4 Å². The highest BCUT2D eigenvalue weighted by Gasteiger charge is 2.22. The van der Waals surface area contributed by atoms with Gasteiger partial charge in [-0.3, -0.25) is 9.69 Å². The van der Waals surface area contributed by atoms with Crippen LogP contribution >= 0.6 is 0 Å². The minimum Gasteiger partial charge on any atom is -0.369 e. The van der Waals surface area contributed by atoms with Gasteiger partial charge in [-0.25, -0.2) is 9.37 Å². The molecule has 1 amide bonds. The zero-order valence-corrected chi connectivity index (χ0v) is 19.0. The van der Waals surface area contributed by atoms with Gasteiger partial charge < -0.3 is 20.4 Å².